The lowest BCUT2D eigenvalue weighted by Crippen LogP contribution is -2.43. The van der Waals surface area contributed by atoms with Crippen LogP contribution in [0, 0.1) is 0 Å². The number of hydrogen-bond donors (Lipinski definition) is 2. The third kappa shape index (κ3) is 2.76. The lowest BCUT2D eigenvalue weighted by molar-refractivity contribution is 0.531. The number of nitrogens with one attached hydrogen (secondary N) is 2. The van der Waals surface area contributed by atoms with E-state index in [1.165, 1.54) is 24.0 Å². The predicted molar refractivity (Wildman–Crippen MR) is 117 cm³/mol. The molecule has 1 aliphatic heterocycles. The SMILES string of the molecule is c1cc2c(cn1)C1(CCCC1)c1nc(Nc3ccc(N4CCNCC4)cn3)ncc1-2. The Balaban J connectivity index is 1.29. The van der Waals surface area contributed by atoms with Crippen molar-refractivity contribution in [2.75, 3.05) is 36.4 Å². The second kappa shape index (κ2) is 7.02. The molecule has 2 fully saturated rings. The molecule has 7 heteroatoms. The highest BCUT2D eigenvalue weighted by Crippen LogP contribution is 2.55. The number of rotatable bonds is 3. The quantitative estimate of drug-likeness (QED) is 0.700. The Labute approximate surface area is 176 Å². The molecule has 4 heterocycles. The average Bonchev–Trinajstić information content (AvgIpc) is 3.40. The van der Waals surface area contributed by atoms with Crippen LogP contribution < -0.4 is 15.5 Å². The Morgan fingerprint density at radius 2 is 1.80 bits per heavy atom. The first kappa shape index (κ1) is 17.8. The molecule has 6 rings (SSSR count). The Kier molecular flexibility index (Phi) is 4.16. The van der Waals surface area contributed by atoms with Crippen LogP contribution in [0.2, 0.25) is 0 Å². The second-order valence-corrected chi connectivity index (χ2v) is 8.43. The fourth-order valence-electron chi connectivity index (χ4n) is 5.31. The van der Waals surface area contributed by atoms with Crippen LogP contribution in [0.5, 0.6) is 0 Å². The van der Waals surface area contributed by atoms with E-state index < -0.39 is 0 Å². The summed E-state index contributed by atoms with van der Waals surface area (Å²) in [5, 5.41) is 6.70. The molecule has 3 aromatic heterocycles. The van der Waals surface area contributed by atoms with Gasteiger partial charge in [0, 0.05) is 55.7 Å². The Bertz CT molecular complexity index is 1070. The van der Waals surface area contributed by atoms with E-state index in [4.69, 9.17) is 4.98 Å². The third-order valence-corrected chi connectivity index (χ3v) is 6.80. The molecule has 7 nitrogen and oxygen atoms in total. The van der Waals surface area contributed by atoms with Gasteiger partial charge in [0.25, 0.3) is 0 Å². The first-order valence-electron chi connectivity index (χ1n) is 10.8. The molecule has 0 radical (unpaired) electrons. The second-order valence-electron chi connectivity index (χ2n) is 8.43. The summed E-state index contributed by atoms with van der Waals surface area (Å²) in [6.07, 6.45) is 12.5. The van der Waals surface area contributed by atoms with Crippen LogP contribution >= 0.6 is 0 Å². The van der Waals surface area contributed by atoms with Gasteiger partial charge in [-0.15, -0.1) is 0 Å². The molecule has 0 atom stereocenters. The predicted octanol–water partition coefficient (Wildman–Crippen LogP) is 3.26. The highest BCUT2D eigenvalue weighted by atomic mass is 15.2. The molecule has 0 bridgehead atoms. The minimum absolute atomic E-state index is 0.00210. The Hall–Kier alpha value is -3.06. The molecule has 1 saturated carbocycles. The highest BCUT2D eigenvalue weighted by Gasteiger charge is 2.47. The normalized spacial score (nSPS) is 19.0. The van der Waals surface area contributed by atoms with Gasteiger partial charge < -0.3 is 15.5 Å². The topological polar surface area (TPSA) is 78.9 Å². The van der Waals surface area contributed by atoms with Crippen molar-refractivity contribution in [3.05, 3.63) is 54.2 Å². The molecule has 0 amide bonds. The molecule has 0 aromatic carbocycles. The first-order valence-corrected chi connectivity index (χ1v) is 10.8. The zero-order valence-electron chi connectivity index (χ0n) is 16.9. The largest absolute Gasteiger partial charge is 0.368 e. The summed E-state index contributed by atoms with van der Waals surface area (Å²) in [5.74, 6) is 1.38. The maximum absolute atomic E-state index is 5.00. The monoisotopic (exact) mass is 399 g/mol. The van der Waals surface area contributed by atoms with Crippen molar-refractivity contribution in [2.45, 2.75) is 31.1 Å². The zero-order valence-corrected chi connectivity index (χ0v) is 16.9. The van der Waals surface area contributed by atoms with E-state index in [0.717, 1.165) is 61.8 Å². The van der Waals surface area contributed by atoms with Gasteiger partial charge in [-0.3, -0.25) is 4.98 Å². The highest BCUT2D eigenvalue weighted by molar-refractivity contribution is 5.79. The van der Waals surface area contributed by atoms with Gasteiger partial charge in [-0.2, -0.15) is 0 Å². The molecule has 3 aliphatic rings. The van der Waals surface area contributed by atoms with Crippen LogP contribution in [-0.2, 0) is 5.41 Å². The van der Waals surface area contributed by atoms with Crippen molar-refractivity contribution in [3.63, 3.8) is 0 Å². The number of anilines is 3. The molecule has 152 valence electrons. The van der Waals surface area contributed by atoms with Crippen molar-refractivity contribution in [1.29, 1.82) is 0 Å². The molecule has 30 heavy (non-hydrogen) atoms. The van der Waals surface area contributed by atoms with Crippen LogP contribution in [0.4, 0.5) is 17.5 Å². The summed E-state index contributed by atoms with van der Waals surface area (Å²) in [5.41, 5.74) is 6.02. The molecule has 1 spiro atoms. The summed E-state index contributed by atoms with van der Waals surface area (Å²) in [6, 6.07) is 6.24. The van der Waals surface area contributed by atoms with Crippen molar-refractivity contribution in [1.82, 2.24) is 25.3 Å². The van der Waals surface area contributed by atoms with E-state index in [9.17, 15) is 0 Å². The van der Waals surface area contributed by atoms with E-state index in [-0.39, 0.29) is 5.41 Å². The van der Waals surface area contributed by atoms with Gasteiger partial charge in [-0.25, -0.2) is 15.0 Å². The summed E-state index contributed by atoms with van der Waals surface area (Å²) in [7, 11) is 0. The van der Waals surface area contributed by atoms with Crippen LogP contribution in [0.25, 0.3) is 11.1 Å². The number of nitrogens with zero attached hydrogens (tertiary/aromatic N) is 5. The van der Waals surface area contributed by atoms with Crippen LogP contribution in [-0.4, -0.2) is 46.1 Å². The Morgan fingerprint density at radius 3 is 2.60 bits per heavy atom. The molecule has 2 aliphatic carbocycles. The minimum atomic E-state index is -0.00210. The van der Waals surface area contributed by atoms with E-state index in [1.54, 1.807) is 0 Å². The first-order chi connectivity index (χ1) is 14.8. The number of aromatic nitrogens is 4. The van der Waals surface area contributed by atoms with Gasteiger partial charge in [0.2, 0.25) is 5.95 Å². The zero-order chi connectivity index (χ0) is 20.0. The molecular formula is C23H25N7. The summed E-state index contributed by atoms with van der Waals surface area (Å²) in [4.78, 5) is 21.0. The molecule has 1 saturated heterocycles. The standard InChI is InChI=1S/C23H25N7/c1-2-7-23(6-1)19-15-25-8-5-17(19)18-14-27-22(29-21(18)23)28-20-4-3-16(13-26-20)30-11-9-24-10-12-30/h3-5,8,13-15,24H,1-2,6-7,9-12H2,(H,26,27,28,29). The summed E-state index contributed by atoms with van der Waals surface area (Å²) >= 11 is 0. The van der Waals surface area contributed by atoms with Gasteiger partial charge in [0.15, 0.2) is 0 Å². The van der Waals surface area contributed by atoms with Crippen molar-refractivity contribution < 1.29 is 0 Å². The lowest BCUT2D eigenvalue weighted by Gasteiger charge is -2.29. The maximum Gasteiger partial charge on any atom is 0.228 e. The van der Waals surface area contributed by atoms with Crippen molar-refractivity contribution in [3.8, 4) is 11.1 Å². The number of fused-ring (bicyclic) bond motifs is 5. The maximum atomic E-state index is 5.00. The van der Waals surface area contributed by atoms with E-state index in [0.29, 0.717) is 5.95 Å². The summed E-state index contributed by atoms with van der Waals surface area (Å²) in [6.45, 7) is 4.06. The van der Waals surface area contributed by atoms with Gasteiger partial charge in [0.1, 0.15) is 5.82 Å². The van der Waals surface area contributed by atoms with Crippen LogP contribution in [0.1, 0.15) is 36.9 Å². The van der Waals surface area contributed by atoms with Crippen molar-refractivity contribution in [2.24, 2.45) is 0 Å². The fourth-order valence-corrected chi connectivity index (χ4v) is 5.31. The molecule has 2 N–H and O–H groups in total. The van der Waals surface area contributed by atoms with Crippen LogP contribution in [0.15, 0.2) is 43.0 Å². The number of pyridine rings is 2. The molecular weight excluding hydrogens is 374 g/mol. The molecule has 3 aromatic rings. The van der Waals surface area contributed by atoms with Gasteiger partial charge in [-0.05, 0) is 42.2 Å². The fraction of sp³-hybridized carbons (Fsp3) is 0.391. The Morgan fingerprint density at radius 1 is 0.933 bits per heavy atom. The van der Waals surface area contributed by atoms with Gasteiger partial charge in [-0.1, -0.05) is 12.8 Å². The number of hydrogen-bond acceptors (Lipinski definition) is 7. The number of piperazine rings is 1. The third-order valence-electron chi connectivity index (χ3n) is 6.80. The van der Waals surface area contributed by atoms with Crippen LogP contribution in [0.3, 0.4) is 0 Å². The van der Waals surface area contributed by atoms with E-state index in [2.05, 4.69) is 42.6 Å². The average molecular weight is 400 g/mol. The smallest absolute Gasteiger partial charge is 0.228 e. The van der Waals surface area contributed by atoms with E-state index >= 15 is 0 Å². The summed E-state index contributed by atoms with van der Waals surface area (Å²) < 4.78 is 0. The van der Waals surface area contributed by atoms with Crippen molar-refractivity contribution >= 4 is 17.5 Å². The van der Waals surface area contributed by atoms with Gasteiger partial charge in [0.05, 0.1) is 17.6 Å². The van der Waals surface area contributed by atoms with Gasteiger partial charge >= 0.3 is 0 Å². The molecule has 0 unspecified atom stereocenters. The lowest BCUT2D eigenvalue weighted by atomic mass is 9.80. The minimum Gasteiger partial charge on any atom is -0.368 e. The van der Waals surface area contributed by atoms with E-state index in [1.807, 2.05) is 30.9 Å².